The topological polar surface area (TPSA) is 27.7 Å². The molecule has 0 radical (unpaired) electrons. The van der Waals surface area contributed by atoms with Crippen LogP contribution in [0.5, 0.6) is 0 Å². The fourth-order valence-electron chi connectivity index (χ4n) is 2.84. The summed E-state index contributed by atoms with van der Waals surface area (Å²) in [6.45, 7) is 13.0. The van der Waals surface area contributed by atoms with Gasteiger partial charge in [-0.3, -0.25) is 4.90 Å². The molecule has 3 unspecified atom stereocenters. The molecule has 114 valence electrons. The first-order valence-corrected chi connectivity index (χ1v) is 7.76. The zero-order valence-electron chi connectivity index (χ0n) is 13.5. The number of hydrogen-bond donors (Lipinski definition) is 1. The molecule has 4 nitrogen and oxygen atoms in total. The molecule has 1 N–H and O–H groups in total. The van der Waals surface area contributed by atoms with E-state index >= 15 is 0 Å². The van der Waals surface area contributed by atoms with Gasteiger partial charge in [0.2, 0.25) is 0 Å². The molecule has 0 amide bonds. The second-order valence-corrected chi connectivity index (χ2v) is 6.00. The molecule has 0 spiro atoms. The Labute approximate surface area is 119 Å². The smallest absolute Gasteiger partial charge is 0.0594 e. The van der Waals surface area contributed by atoms with Crippen molar-refractivity contribution in [1.82, 2.24) is 15.1 Å². The van der Waals surface area contributed by atoms with Gasteiger partial charge in [-0.05, 0) is 39.9 Å². The van der Waals surface area contributed by atoms with Crippen molar-refractivity contribution in [1.29, 1.82) is 0 Å². The molecule has 3 atom stereocenters. The van der Waals surface area contributed by atoms with Crippen molar-refractivity contribution in [2.75, 3.05) is 53.5 Å². The summed E-state index contributed by atoms with van der Waals surface area (Å²) in [6.07, 6.45) is 1.26. The lowest BCUT2D eigenvalue weighted by atomic mass is 9.87. The average molecular weight is 271 g/mol. The highest BCUT2D eigenvalue weighted by Gasteiger charge is 2.31. The van der Waals surface area contributed by atoms with Gasteiger partial charge in [0.25, 0.3) is 0 Å². The van der Waals surface area contributed by atoms with Gasteiger partial charge < -0.3 is 15.0 Å². The van der Waals surface area contributed by atoms with Crippen LogP contribution in [0.2, 0.25) is 0 Å². The third kappa shape index (κ3) is 5.78. The van der Waals surface area contributed by atoms with E-state index in [-0.39, 0.29) is 0 Å². The largest absolute Gasteiger partial charge is 0.379 e. The molecule has 0 aromatic carbocycles. The lowest BCUT2D eigenvalue weighted by molar-refractivity contribution is 0.0414. The van der Waals surface area contributed by atoms with Crippen LogP contribution in [0.3, 0.4) is 0 Å². The third-order valence-corrected chi connectivity index (χ3v) is 4.37. The predicted octanol–water partition coefficient (Wildman–Crippen LogP) is 1.27. The van der Waals surface area contributed by atoms with E-state index in [1.54, 1.807) is 0 Å². The minimum Gasteiger partial charge on any atom is -0.379 e. The number of ether oxygens (including phenoxy) is 1. The summed E-state index contributed by atoms with van der Waals surface area (Å²) in [7, 11) is 4.16. The zero-order chi connectivity index (χ0) is 14.3. The first-order chi connectivity index (χ1) is 9.06. The maximum Gasteiger partial charge on any atom is 0.0594 e. The SMILES string of the molecule is CCNC1CCN(CCOCCN(C)C)C(C)C1C. The average Bonchev–Trinajstić information content (AvgIpc) is 2.37. The molecule has 1 heterocycles. The molecular formula is C15H33N3O. The van der Waals surface area contributed by atoms with Crippen molar-refractivity contribution in [2.45, 2.75) is 39.3 Å². The summed E-state index contributed by atoms with van der Waals surface area (Å²) < 4.78 is 5.71. The Bertz CT molecular complexity index is 235. The summed E-state index contributed by atoms with van der Waals surface area (Å²) in [5, 5.41) is 3.61. The highest BCUT2D eigenvalue weighted by molar-refractivity contribution is 4.88. The monoisotopic (exact) mass is 271 g/mol. The Balaban J connectivity index is 2.21. The number of likely N-dealkylation sites (tertiary alicyclic amines) is 1. The van der Waals surface area contributed by atoms with Crippen LogP contribution in [0.4, 0.5) is 0 Å². The van der Waals surface area contributed by atoms with E-state index in [4.69, 9.17) is 4.74 Å². The molecule has 1 aliphatic heterocycles. The third-order valence-electron chi connectivity index (χ3n) is 4.37. The van der Waals surface area contributed by atoms with Gasteiger partial charge in [-0.1, -0.05) is 13.8 Å². The van der Waals surface area contributed by atoms with Crippen LogP contribution in [0.25, 0.3) is 0 Å². The van der Waals surface area contributed by atoms with Gasteiger partial charge in [0, 0.05) is 31.7 Å². The van der Waals surface area contributed by atoms with Crippen LogP contribution >= 0.6 is 0 Å². The molecular weight excluding hydrogens is 238 g/mol. The van der Waals surface area contributed by atoms with E-state index in [1.807, 2.05) is 0 Å². The number of piperidine rings is 1. The molecule has 1 saturated heterocycles. The minimum absolute atomic E-state index is 0.648. The summed E-state index contributed by atoms with van der Waals surface area (Å²) in [6, 6.07) is 1.33. The lowest BCUT2D eigenvalue weighted by Crippen LogP contribution is -2.54. The zero-order valence-corrected chi connectivity index (χ0v) is 13.5. The maximum atomic E-state index is 5.71. The van der Waals surface area contributed by atoms with E-state index < -0.39 is 0 Å². The van der Waals surface area contributed by atoms with Gasteiger partial charge in [0.05, 0.1) is 13.2 Å². The van der Waals surface area contributed by atoms with E-state index in [0.29, 0.717) is 12.1 Å². The molecule has 1 rings (SSSR count). The van der Waals surface area contributed by atoms with E-state index in [9.17, 15) is 0 Å². The van der Waals surface area contributed by atoms with Crippen molar-refractivity contribution in [3.05, 3.63) is 0 Å². The molecule has 1 fully saturated rings. The standard InChI is InChI=1S/C15H33N3O/c1-6-16-15-7-8-18(14(3)13(15)2)10-12-19-11-9-17(4)5/h13-16H,6-12H2,1-5H3. The van der Waals surface area contributed by atoms with Crippen molar-refractivity contribution in [3.8, 4) is 0 Å². The van der Waals surface area contributed by atoms with Crippen molar-refractivity contribution in [3.63, 3.8) is 0 Å². The van der Waals surface area contributed by atoms with Gasteiger partial charge in [-0.2, -0.15) is 0 Å². The fraction of sp³-hybridized carbons (Fsp3) is 1.00. The van der Waals surface area contributed by atoms with Gasteiger partial charge in [-0.25, -0.2) is 0 Å². The molecule has 0 aromatic rings. The highest BCUT2D eigenvalue weighted by atomic mass is 16.5. The quantitative estimate of drug-likeness (QED) is 0.673. The number of hydrogen-bond acceptors (Lipinski definition) is 4. The molecule has 0 saturated carbocycles. The van der Waals surface area contributed by atoms with E-state index in [1.165, 1.54) is 13.0 Å². The first kappa shape index (κ1) is 16.9. The lowest BCUT2D eigenvalue weighted by Gasteiger charge is -2.43. The molecule has 0 bridgehead atoms. The van der Waals surface area contributed by atoms with Gasteiger partial charge in [-0.15, -0.1) is 0 Å². The molecule has 0 aromatic heterocycles. The minimum atomic E-state index is 0.648. The van der Waals surface area contributed by atoms with Crippen molar-refractivity contribution in [2.24, 2.45) is 5.92 Å². The number of rotatable bonds is 8. The van der Waals surface area contributed by atoms with Crippen LogP contribution in [0.15, 0.2) is 0 Å². The Morgan fingerprint density at radius 3 is 2.63 bits per heavy atom. The van der Waals surface area contributed by atoms with Crippen molar-refractivity contribution < 1.29 is 4.74 Å². The first-order valence-electron chi connectivity index (χ1n) is 7.76. The van der Waals surface area contributed by atoms with E-state index in [2.05, 4.69) is 50.0 Å². The van der Waals surface area contributed by atoms with E-state index in [0.717, 1.165) is 38.8 Å². The van der Waals surface area contributed by atoms with Gasteiger partial charge in [0.1, 0.15) is 0 Å². The van der Waals surface area contributed by atoms with Crippen molar-refractivity contribution >= 4 is 0 Å². The highest BCUT2D eigenvalue weighted by Crippen LogP contribution is 2.23. The number of nitrogens with zero attached hydrogens (tertiary/aromatic N) is 2. The normalized spacial score (nSPS) is 29.1. The summed E-state index contributed by atoms with van der Waals surface area (Å²) in [4.78, 5) is 4.74. The molecule has 4 heteroatoms. The van der Waals surface area contributed by atoms with Crippen LogP contribution in [-0.4, -0.2) is 75.4 Å². The summed E-state index contributed by atoms with van der Waals surface area (Å²) in [5.41, 5.74) is 0. The van der Waals surface area contributed by atoms with Crippen LogP contribution in [-0.2, 0) is 4.74 Å². The van der Waals surface area contributed by atoms with Crippen LogP contribution < -0.4 is 5.32 Å². The van der Waals surface area contributed by atoms with Gasteiger partial charge >= 0.3 is 0 Å². The molecule has 1 aliphatic rings. The van der Waals surface area contributed by atoms with Crippen LogP contribution in [0.1, 0.15) is 27.2 Å². The number of likely N-dealkylation sites (N-methyl/N-ethyl adjacent to an activating group) is 1. The Hall–Kier alpha value is -0.160. The predicted molar refractivity (Wildman–Crippen MR) is 81.7 cm³/mol. The summed E-state index contributed by atoms with van der Waals surface area (Å²) in [5.74, 6) is 0.718. The number of nitrogens with one attached hydrogen (secondary N) is 1. The summed E-state index contributed by atoms with van der Waals surface area (Å²) >= 11 is 0. The molecule has 19 heavy (non-hydrogen) atoms. The Morgan fingerprint density at radius 2 is 2.00 bits per heavy atom. The Kier molecular flexibility index (Phi) is 7.91. The second-order valence-electron chi connectivity index (χ2n) is 6.00. The maximum absolute atomic E-state index is 5.71. The Morgan fingerprint density at radius 1 is 1.26 bits per heavy atom. The second kappa shape index (κ2) is 8.90. The molecule has 0 aliphatic carbocycles. The fourth-order valence-corrected chi connectivity index (χ4v) is 2.84. The van der Waals surface area contributed by atoms with Crippen LogP contribution in [0, 0.1) is 5.92 Å². The van der Waals surface area contributed by atoms with Gasteiger partial charge in [0.15, 0.2) is 0 Å².